The van der Waals surface area contributed by atoms with E-state index in [2.05, 4.69) is 32.0 Å². The predicted molar refractivity (Wildman–Crippen MR) is 69.9 cm³/mol. The summed E-state index contributed by atoms with van der Waals surface area (Å²) in [5.41, 5.74) is 3.48. The second-order valence-corrected chi connectivity index (χ2v) is 4.60. The molecule has 0 amide bonds. The van der Waals surface area contributed by atoms with E-state index in [9.17, 15) is 4.79 Å². The second-order valence-electron chi connectivity index (χ2n) is 4.60. The van der Waals surface area contributed by atoms with Crippen molar-refractivity contribution in [1.29, 1.82) is 0 Å². The molecule has 94 valence electrons. The minimum Gasteiger partial charge on any atom is -0.458 e. The standard InChI is InChI=1S/C15H22O2/c1-5-6-7-15(16)17-13(4)14-10-11(2)8-9-12(14)3/h8-10,13H,5-7H2,1-4H3/t13-/m1/s1. The Labute approximate surface area is 104 Å². The highest BCUT2D eigenvalue weighted by Crippen LogP contribution is 2.22. The third-order valence-electron chi connectivity index (χ3n) is 2.92. The zero-order valence-corrected chi connectivity index (χ0v) is 11.2. The number of esters is 1. The second kappa shape index (κ2) is 6.43. The van der Waals surface area contributed by atoms with Crippen LogP contribution in [0.4, 0.5) is 0 Å². The summed E-state index contributed by atoms with van der Waals surface area (Å²) in [6.07, 6.45) is 2.29. The Balaban J connectivity index is 2.66. The van der Waals surface area contributed by atoms with Gasteiger partial charge in [0.25, 0.3) is 0 Å². The van der Waals surface area contributed by atoms with Crippen molar-refractivity contribution in [3.05, 3.63) is 34.9 Å². The summed E-state index contributed by atoms with van der Waals surface area (Å²) in [5, 5.41) is 0. The van der Waals surface area contributed by atoms with Crippen LogP contribution in [0.1, 0.15) is 55.9 Å². The Morgan fingerprint density at radius 2 is 2.06 bits per heavy atom. The van der Waals surface area contributed by atoms with E-state index < -0.39 is 0 Å². The summed E-state index contributed by atoms with van der Waals surface area (Å²) < 4.78 is 5.44. The van der Waals surface area contributed by atoms with Gasteiger partial charge in [0.1, 0.15) is 6.10 Å². The third-order valence-corrected chi connectivity index (χ3v) is 2.92. The van der Waals surface area contributed by atoms with E-state index >= 15 is 0 Å². The van der Waals surface area contributed by atoms with Crippen LogP contribution >= 0.6 is 0 Å². The van der Waals surface area contributed by atoms with Crippen LogP contribution < -0.4 is 0 Å². The first kappa shape index (κ1) is 13.8. The summed E-state index contributed by atoms with van der Waals surface area (Å²) in [7, 11) is 0. The van der Waals surface area contributed by atoms with Gasteiger partial charge < -0.3 is 4.74 Å². The molecule has 1 rings (SSSR count). The van der Waals surface area contributed by atoms with Crippen molar-refractivity contribution in [1.82, 2.24) is 0 Å². The van der Waals surface area contributed by atoms with Crippen LogP contribution in [0.25, 0.3) is 0 Å². The minimum absolute atomic E-state index is 0.0970. The molecule has 0 radical (unpaired) electrons. The maximum atomic E-state index is 11.6. The Kier molecular flexibility index (Phi) is 5.20. The van der Waals surface area contributed by atoms with E-state index in [-0.39, 0.29) is 12.1 Å². The quantitative estimate of drug-likeness (QED) is 0.717. The molecule has 1 aromatic carbocycles. The number of rotatable bonds is 5. The Morgan fingerprint density at radius 1 is 1.35 bits per heavy atom. The number of hydrogen-bond acceptors (Lipinski definition) is 2. The van der Waals surface area contributed by atoms with E-state index in [1.165, 1.54) is 11.1 Å². The van der Waals surface area contributed by atoms with Crippen molar-refractivity contribution in [3.8, 4) is 0 Å². The molecule has 0 unspecified atom stereocenters. The molecule has 0 aliphatic heterocycles. The van der Waals surface area contributed by atoms with Crippen LogP contribution in [0.15, 0.2) is 18.2 Å². The fourth-order valence-electron chi connectivity index (χ4n) is 1.84. The highest BCUT2D eigenvalue weighted by Gasteiger charge is 2.13. The first-order valence-corrected chi connectivity index (χ1v) is 6.31. The largest absolute Gasteiger partial charge is 0.458 e. The molecule has 0 saturated heterocycles. The maximum absolute atomic E-state index is 11.6. The normalized spacial score (nSPS) is 12.2. The maximum Gasteiger partial charge on any atom is 0.306 e. The molecular weight excluding hydrogens is 212 g/mol. The monoisotopic (exact) mass is 234 g/mol. The number of carbonyl (C=O) groups excluding carboxylic acids is 1. The number of benzene rings is 1. The summed E-state index contributed by atoms with van der Waals surface area (Å²) in [4.78, 5) is 11.6. The summed E-state index contributed by atoms with van der Waals surface area (Å²) in [6, 6.07) is 6.23. The van der Waals surface area contributed by atoms with Crippen molar-refractivity contribution in [2.24, 2.45) is 0 Å². The van der Waals surface area contributed by atoms with Crippen LogP contribution in [-0.2, 0) is 9.53 Å². The molecule has 0 heterocycles. The lowest BCUT2D eigenvalue weighted by Crippen LogP contribution is -2.09. The fourth-order valence-corrected chi connectivity index (χ4v) is 1.84. The molecule has 0 aliphatic rings. The van der Waals surface area contributed by atoms with Gasteiger partial charge in [-0.05, 0) is 38.3 Å². The van der Waals surface area contributed by atoms with Crippen molar-refractivity contribution in [3.63, 3.8) is 0 Å². The zero-order chi connectivity index (χ0) is 12.8. The van der Waals surface area contributed by atoms with Crippen molar-refractivity contribution >= 4 is 5.97 Å². The SMILES string of the molecule is CCCCC(=O)O[C@H](C)c1cc(C)ccc1C. The van der Waals surface area contributed by atoms with Gasteiger partial charge in [0.15, 0.2) is 0 Å². The van der Waals surface area contributed by atoms with Crippen LogP contribution in [0.5, 0.6) is 0 Å². The van der Waals surface area contributed by atoms with Gasteiger partial charge in [-0.3, -0.25) is 4.79 Å². The van der Waals surface area contributed by atoms with Crippen LogP contribution in [-0.4, -0.2) is 5.97 Å². The van der Waals surface area contributed by atoms with Gasteiger partial charge in [0, 0.05) is 6.42 Å². The summed E-state index contributed by atoms with van der Waals surface area (Å²) >= 11 is 0. The van der Waals surface area contributed by atoms with E-state index in [0.29, 0.717) is 6.42 Å². The Hall–Kier alpha value is -1.31. The lowest BCUT2D eigenvalue weighted by Gasteiger charge is -2.16. The van der Waals surface area contributed by atoms with Crippen LogP contribution in [0.3, 0.4) is 0 Å². The van der Waals surface area contributed by atoms with Crippen molar-refractivity contribution in [2.75, 3.05) is 0 Å². The van der Waals surface area contributed by atoms with Crippen molar-refractivity contribution in [2.45, 2.75) is 53.1 Å². The molecule has 0 fully saturated rings. The lowest BCUT2D eigenvalue weighted by atomic mass is 10.0. The smallest absolute Gasteiger partial charge is 0.306 e. The molecule has 2 heteroatoms. The Bertz CT molecular complexity index is 383. The van der Waals surface area contributed by atoms with Gasteiger partial charge in [0.2, 0.25) is 0 Å². The van der Waals surface area contributed by atoms with Gasteiger partial charge in [-0.25, -0.2) is 0 Å². The lowest BCUT2D eigenvalue weighted by molar-refractivity contribution is -0.148. The molecule has 0 aliphatic carbocycles. The number of aryl methyl sites for hydroxylation is 2. The molecule has 1 atom stereocenters. The van der Waals surface area contributed by atoms with Gasteiger partial charge >= 0.3 is 5.97 Å². The number of ether oxygens (including phenoxy) is 1. The summed E-state index contributed by atoms with van der Waals surface area (Å²) in [6.45, 7) is 8.10. The van der Waals surface area contributed by atoms with Crippen LogP contribution in [0, 0.1) is 13.8 Å². The van der Waals surface area contributed by atoms with Gasteiger partial charge in [-0.1, -0.05) is 37.1 Å². The van der Waals surface area contributed by atoms with E-state index in [4.69, 9.17) is 4.74 Å². The first-order valence-electron chi connectivity index (χ1n) is 6.31. The molecule has 0 bridgehead atoms. The molecule has 17 heavy (non-hydrogen) atoms. The predicted octanol–water partition coefficient (Wildman–Crippen LogP) is 4.10. The van der Waals surface area contributed by atoms with E-state index in [0.717, 1.165) is 18.4 Å². The Morgan fingerprint density at radius 3 is 2.71 bits per heavy atom. The van der Waals surface area contributed by atoms with Gasteiger partial charge in [-0.15, -0.1) is 0 Å². The molecule has 2 nitrogen and oxygen atoms in total. The average Bonchev–Trinajstić information content (AvgIpc) is 2.29. The zero-order valence-electron chi connectivity index (χ0n) is 11.2. The summed E-state index contributed by atoms with van der Waals surface area (Å²) in [5.74, 6) is -0.0970. The highest BCUT2D eigenvalue weighted by molar-refractivity contribution is 5.69. The highest BCUT2D eigenvalue weighted by atomic mass is 16.5. The molecular formula is C15H22O2. The first-order chi connectivity index (χ1) is 8.04. The van der Waals surface area contributed by atoms with Gasteiger partial charge in [-0.2, -0.15) is 0 Å². The minimum atomic E-state index is -0.153. The average molecular weight is 234 g/mol. The van der Waals surface area contributed by atoms with Gasteiger partial charge in [0.05, 0.1) is 0 Å². The van der Waals surface area contributed by atoms with E-state index in [1.54, 1.807) is 0 Å². The molecule has 0 N–H and O–H groups in total. The third kappa shape index (κ3) is 4.22. The van der Waals surface area contributed by atoms with Crippen molar-refractivity contribution < 1.29 is 9.53 Å². The van der Waals surface area contributed by atoms with Crippen LogP contribution in [0.2, 0.25) is 0 Å². The number of hydrogen-bond donors (Lipinski definition) is 0. The van der Waals surface area contributed by atoms with E-state index in [1.807, 2.05) is 13.8 Å². The fraction of sp³-hybridized carbons (Fsp3) is 0.533. The molecule has 0 spiro atoms. The molecule has 0 aromatic heterocycles. The topological polar surface area (TPSA) is 26.3 Å². The number of carbonyl (C=O) groups is 1. The molecule has 1 aromatic rings. The molecule has 0 saturated carbocycles. The number of unbranched alkanes of at least 4 members (excludes halogenated alkanes) is 1.